The number of nitrogens with zero attached hydrogens (tertiary/aromatic N) is 1. The van der Waals surface area contributed by atoms with Crippen LogP contribution in [0.15, 0.2) is 18.2 Å². The second-order valence-corrected chi connectivity index (χ2v) is 8.42. The molecule has 1 amide bonds. The summed E-state index contributed by atoms with van der Waals surface area (Å²) in [6.45, 7) is 9.65. The largest absolute Gasteiger partial charge is 0.493 e. The van der Waals surface area contributed by atoms with E-state index in [1.54, 1.807) is 18.2 Å². The molecule has 0 unspecified atom stereocenters. The number of esters is 1. The first kappa shape index (κ1) is 21.7. The van der Waals surface area contributed by atoms with Gasteiger partial charge >= 0.3 is 5.97 Å². The van der Waals surface area contributed by atoms with Gasteiger partial charge in [-0.15, -0.1) is 0 Å². The van der Waals surface area contributed by atoms with Gasteiger partial charge in [0.1, 0.15) is 4.88 Å². The monoisotopic (exact) mass is 406 g/mol. The number of aromatic nitrogens is 1. The first-order valence-electron chi connectivity index (χ1n) is 8.82. The number of carbonyl (C=O) groups excluding carboxylic acids is 2. The molecule has 0 atom stereocenters. The molecular formula is C20H26N2O5S. The van der Waals surface area contributed by atoms with Crippen LogP contribution in [0.4, 0.5) is 5.13 Å². The molecule has 28 heavy (non-hydrogen) atoms. The summed E-state index contributed by atoms with van der Waals surface area (Å²) >= 11 is 1.09. The fraction of sp³-hybridized carbons (Fsp3) is 0.450. The molecule has 0 aliphatic heterocycles. The van der Waals surface area contributed by atoms with Gasteiger partial charge in [0.05, 0.1) is 26.0 Å². The smallest absolute Gasteiger partial charge is 0.350 e. The van der Waals surface area contributed by atoms with Crippen LogP contribution in [0.5, 0.6) is 11.5 Å². The zero-order valence-corrected chi connectivity index (χ0v) is 18.0. The summed E-state index contributed by atoms with van der Waals surface area (Å²) in [4.78, 5) is 29.6. The number of benzene rings is 1. The highest BCUT2D eigenvalue weighted by Gasteiger charge is 2.28. The first-order valence-corrected chi connectivity index (χ1v) is 9.64. The Bertz CT molecular complexity index is 868. The molecule has 2 aromatic rings. The Morgan fingerprint density at radius 2 is 1.82 bits per heavy atom. The molecule has 1 heterocycles. The minimum Gasteiger partial charge on any atom is -0.493 e. The second-order valence-electron chi connectivity index (χ2n) is 7.42. The molecule has 0 bridgehead atoms. The standard InChI is InChI=1S/C20H26N2O5S/c1-11(2)27-13-9-8-12(10-14(13)25-6)17(23)22-19-21-16(20(3,4)5)15(28-19)18(24)26-7/h8-11H,1-7H3,(H,21,22,23). The van der Waals surface area contributed by atoms with Crippen molar-refractivity contribution in [1.82, 2.24) is 4.98 Å². The topological polar surface area (TPSA) is 86.8 Å². The van der Waals surface area contributed by atoms with Crippen LogP contribution in [-0.4, -0.2) is 37.2 Å². The number of anilines is 1. The summed E-state index contributed by atoms with van der Waals surface area (Å²) in [5, 5.41) is 3.08. The second kappa shape index (κ2) is 8.60. The number of rotatable bonds is 6. The van der Waals surface area contributed by atoms with Crippen LogP contribution >= 0.6 is 11.3 Å². The molecule has 7 nitrogen and oxygen atoms in total. The predicted molar refractivity (Wildman–Crippen MR) is 109 cm³/mol. The molecule has 0 aliphatic rings. The third kappa shape index (κ3) is 5.01. The summed E-state index contributed by atoms with van der Waals surface area (Å²) < 4.78 is 15.8. The molecule has 152 valence electrons. The van der Waals surface area contributed by atoms with Crippen LogP contribution in [0.1, 0.15) is 60.3 Å². The van der Waals surface area contributed by atoms with Crippen LogP contribution in [0.2, 0.25) is 0 Å². The van der Waals surface area contributed by atoms with Crippen molar-refractivity contribution >= 4 is 28.3 Å². The van der Waals surface area contributed by atoms with Gasteiger partial charge in [0.2, 0.25) is 0 Å². The lowest BCUT2D eigenvalue weighted by atomic mass is 9.91. The molecule has 0 spiro atoms. The van der Waals surface area contributed by atoms with Crippen LogP contribution < -0.4 is 14.8 Å². The molecule has 1 aromatic carbocycles. The summed E-state index contributed by atoms with van der Waals surface area (Å²) in [6.07, 6.45) is -0.0172. The highest BCUT2D eigenvalue weighted by molar-refractivity contribution is 7.17. The van der Waals surface area contributed by atoms with Gasteiger partial charge in [-0.2, -0.15) is 0 Å². The van der Waals surface area contributed by atoms with Crippen molar-refractivity contribution in [2.75, 3.05) is 19.5 Å². The first-order chi connectivity index (χ1) is 13.1. The van der Waals surface area contributed by atoms with Crippen molar-refractivity contribution in [3.63, 3.8) is 0 Å². The van der Waals surface area contributed by atoms with Gasteiger partial charge in [0.25, 0.3) is 5.91 Å². The zero-order chi connectivity index (χ0) is 21.1. The van der Waals surface area contributed by atoms with Gasteiger partial charge in [-0.1, -0.05) is 32.1 Å². The van der Waals surface area contributed by atoms with Gasteiger partial charge in [-0.25, -0.2) is 9.78 Å². The summed E-state index contributed by atoms with van der Waals surface area (Å²) in [5.41, 5.74) is 0.597. The van der Waals surface area contributed by atoms with E-state index in [-0.39, 0.29) is 17.4 Å². The maximum absolute atomic E-state index is 12.7. The molecule has 0 fully saturated rings. The Morgan fingerprint density at radius 3 is 2.36 bits per heavy atom. The van der Waals surface area contributed by atoms with Crippen LogP contribution in [0, 0.1) is 0 Å². The number of hydrogen-bond acceptors (Lipinski definition) is 7. The third-order valence-electron chi connectivity index (χ3n) is 3.72. The van der Waals surface area contributed by atoms with Crippen LogP contribution in [-0.2, 0) is 10.2 Å². The number of ether oxygens (including phenoxy) is 3. The van der Waals surface area contributed by atoms with Crippen LogP contribution in [0.25, 0.3) is 0 Å². The Balaban J connectivity index is 2.30. The van der Waals surface area contributed by atoms with Crippen molar-refractivity contribution in [3.8, 4) is 11.5 Å². The minimum atomic E-state index is -0.472. The average molecular weight is 407 g/mol. The third-order valence-corrected chi connectivity index (χ3v) is 4.67. The molecule has 1 N–H and O–H groups in total. The van der Waals surface area contributed by atoms with Crippen molar-refractivity contribution in [2.24, 2.45) is 0 Å². The molecule has 0 saturated carbocycles. The van der Waals surface area contributed by atoms with Crippen molar-refractivity contribution < 1.29 is 23.8 Å². The Hall–Kier alpha value is -2.61. The van der Waals surface area contributed by atoms with E-state index in [1.165, 1.54) is 14.2 Å². The lowest BCUT2D eigenvalue weighted by Crippen LogP contribution is -2.17. The maximum atomic E-state index is 12.7. The zero-order valence-electron chi connectivity index (χ0n) is 17.2. The lowest BCUT2D eigenvalue weighted by molar-refractivity contribution is 0.0603. The van der Waals surface area contributed by atoms with E-state index < -0.39 is 5.97 Å². The Labute approximate surface area is 169 Å². The summed E-state index contributed by atoms with van der Waals surface area (Å²) in [6, 6.07) is 4.94. The van der Waals surface area contributed by atoms with Crippen LogP contribution in [0.3, 0.4) is 0 Å². The predicted octanol–water partition coefficient (Wildman–Crippen LogP) is 4.28. The number of nitrogens with one attached hydrogen (secondary N) is 1. The number of methoxy groups -OCH3 is 2. The molecule has 2 rings (SSSR count). The summed E-state index contributed by atoms with van der Waals surface area (Å²) in [7, 11) is 2.84. The molecule has 0 saturated heterocycles. The van der Waals surface area contributed by atoms with Gasteiger partial charge in [-0.3, -0.25) is 10.1 Å². The average Bonchev–Trinajstić information content (AvgIpc) is 3.05. The van der Waals surface area contributed by atoms with E-state index in [0.29, 0.717) is 32.8 Å². The van der Waals surface area contributed by atoms with E-state index in [1.807, 2.05) is 34.6 Å². The fourth-order valence-corrected chi connectivity index (χ4v) is 3.53. The SMILES string of the molecule is COC(=O)c1sc(NC(=O)c2ccc(OC(C)C)c(OC)c2)nc1C(C)(C)C. The summed E-state index contributed by atoms with van der Waals surface area (Å²) in [5.74, 6) is 0.192. The van der Waals surface area contributed by atoms with E-state index >= 15 is 0 Å². The van der Waals surface area contributed by atoms with Crippen molar-refractivity contribution in [3.05, 3.63) is 34.3 Å². The Kier molecular flexibility index (Phi) is 6.66. The fourth-order valence-electron chi connectivity index (χ4n) is 2.44. The maximum Gasteiger partial charge on any atom is 0.350 e. The lowest BCUT2D eigenvalue weighted by Gasteiger charge is -2.16. The minimum absolute atomic E-state index is 0.0172. The van der Waals surface area contributed by atoms with E-state index in [2.05, 4.69) is 10.3 Å². The molecule has 0 aliphatic carbocycles. The van der Waals surface area contributed by atoms with Crippen molar-refractivity contribution in [2.45, 2.75) is 46.1 Å². The molecular weight excluding hydrogens is 380 g/mol. The molecule has 8 heteroatoms. The Morgan fingerprint density at radius 1 is 1.14 bits per heavy atom. The van der Waals surface area contributed by atoms with E-state index in [0.717, 1.165) is 11.3 Å². The molecule has 0 radical (unpaired) electrons. The van der Waals surface area contributed by atoms with Gasteiger partial charge in [0, 0.05) is 11.0 Å². The van der Waals surface area contributed by atoms with E-state index in [4.69, 9.17) is 14.2 Å². The van der Waals surface area contributed by atoms with E-state index in [9.17, 15) is 9.59 Å². The number of amides is 1. The van der Waals surface area contributed by atoms with Gasteiger partial charge in [-0.05, 0) is 32.0 Å². The van der Waals surface area contributed by atoms with Gasteiger partial charge < -0.3 is 14.2 Å². The molecule has 1 aromatic heterocycles. The number of carbonyl (C=O) groups is 2. The highest BCUT2D eigenvalue weighted by atomic mass is 32.1. The van der Waals surface area contributed by atoms with Crippen molar-refractivity contribution in [1.29, 1.82) is 0 Å². The highest BCUT2D eigenvalue weighted by Crippen LogP contribution is 2.33. The quantitative estimate of drug-likeness (QED) is 0.721. The van der Waals surface area contributed by atoms with Gasteiger partial charge in [0.15, 0.2) is 16.6 Å². The number of hydrogen-bond donors (Lipinski definition) is 1. The number of thiazole rings is 1. The normalized spacial score (nSPS) is 11.3.